The van der Waals surface area contributed by atoms with Crippen LogP contribution in [0.15, 0.2) is 41.7 Å². The summed E-state index contributed by atoms with van der Waals surface area (Å²) in [7, 11) is 0. The molecule has 2 aromatic rings. The van der Waals surface area contributed by atoms with Gasteiger partial charge in [-0.2, -0.15) is 0 Å². The van der Waals surface area contributed by atoms with Crippen molar-refractivity contribution in [3.8, 4) is 0 Å². The molecule has 0 amide bonds. The SMILES string of the molecule is CC1(C)NCC(c2ccoc2)=CN1CCc1cnc[nH]1. The van der Waals surface area contributed by atoms with Crippen molar-refractivity contribution in [2.45, 2.75) is 25.9 Å². The molecule has 3 heterocycles. The third kappa shape index (κ3) is 2.63. The molecule has 106 valence electrons. The summed E-state index contributed by atoms with van der Waals surface area (Å²) in [6.07, 6.45) is 10.3. The molecule has 2 N–H and O–H groups in total. The summed E-state index contributed by atoms with van der Waals surface area (Å²) in [6.45, 7) is 6.18. The zero-order valence-electron chi connectivity index (χ0n) is 11.9. The van der Waals surface area contributed by atoms with Crippen molar-refractivity contribution >= 4 is 5.57 Å². The summed E-state index contributed by atoms with van der Waals surface area (Å²) in [4.78, 5) is 9.54. The molecule has 0 aromatic carbocycles. The smallest absolute Gasteiger partial charge is 0.0978 e. The van der Waals surface area contributed by atoms with Crippen LogP contribution in [0.3, 0.4) is 0 Å². The highest BCUT2D eigenvalue weighted by Gasteiger charge is 2.28. The maximum atomic E-state index is 5.17. The minimum atomic E-state index is -0.0484. The van der Waals surface area contributed by atoms with Crippen LogP contribution in [-0.4, -0.2) is 33.6 Å². The standard InChI is InChI=1S/C15H20N4O/c1-15(2)18-7-13(12-4-6-20-10-12)9-19(15)5-3-14-8-16-11-17-14/h4,6,8-11,18H,3,5,7H2,1-2H3,(H,16,17). The molecule has 0 unspecified atom stereocenters. The minimum Gasteiger partial charge on any atom is -0.472 e. The van der Waals surface area contributed by atoms with Gasteiger partial charge < -0.3 is 14.3 Å². The van der Waals surface area contributed by atoms with E-state index in [1.165, 1.54) is 5.57 Å². The Kier molecular flexibility index (Phi) is 3.36. The second-order valence-electron chi connectivity index (χ2n) is 5.60. The number of hydrogen-bond donors (Lipinski definition) is 2. The Hall–Kier alpha value is -2.01. The van der Waals surface area contributed by atoms with E-state index >= 15 is 0 Å². The molecule has 3 rings (SSSR count). The zero-order valence-corrected chi connectivity index (χ0v) is 11.9. The molecule has 5 nitrogen and oxygen atoms in total. The van der Waals surface area contributed by atoms with Crippen molar-refractivity contribution in [3.63, 3.8) is 0 Å². The van der Waals surface area contributed by atoms with Crippen LogP contribution in [0.2, 0.25) is 0 Å². The number of furan rings is 1. The summed E-state index contributed by atoms with van der Waals surface area (Å²) < 4.78 is 5.17. The molecule has 0 atom stereocenters. The fourth-order valence-electron chi connectivity index (χ4n) is 2.44. The average molecular weight is 272 g/mol. The lowest BCUT2D eigenvalue weighted by molar-refractivity contribution is 0.140. The lowest BCUT2D eigenvalue weighted by atomic mass is 10.0. The molecular weight excluding hydrogens is 252 g/mol. The van der Waals surface area contributed by atoms with Crippen LogP contribution in [-0.2, 0) is 6.42 Å². The van der Waals surface area contributed by atoms with Gasteiger partial charge in [0.2, 0.25) is 0 Å². The largest absolute Gasteiger partial charge is 0.472 e. The molecule has 0 aliphatic carbocycles. The molecule has 1 aliphatic heterocycles. The van der Waals surface area contributed by atoms with E-state index in [9.17, 15) is 0 Å². The number of aromatic amines is 1. The maximum Gasteiger partial charge on any atom is 0.0978 e. The minimum absolute atomic E-state index is 0.0484. The van der Waals surface area contributed by atoms with Crippen molar-refractivity contribution in [3.05, 3.63) is 48.6 Å². The Morgan fingerprint density at radius 3 is 3.05 bits per heavy atom. The van der Waals surface area contributed by atoms with Crippen LogP contribution in [0, 0.1) is 0 Å². The van der Waals surface area contributed by atoms with Crippen molar-refractivity contribution in [1.82, 2.24) is 20.2 Å². The Balaban J connectivity index is 1.76. The van der Waals surface area contributed by atoms with E-state index in [4.69, 9.17) is 4.42 Å². The van der Waals surface area contributed by atoms with Gasteiger partial charge in [-0.05, 0) is 25.5 Å². The van der Waals surface area contributed by atoms with E-state index < -0.39 is 0 Å². The second-order valence-corrected chi connectivity index (χ2v) is 5.60. The van der Waals surface area contributed by atoms with Gasteiger partial charge in [0.05, 0.1) is 24.5 Å². The van der Waals surface area contributed by atoms with Gasteiger partial charge in [0.15, 0.2) is 0 Å². The van der Waals surface area contributed by atoms with E-state index in [0.29, 0.717) is 0 Å². The maximum absolute atomic E-state index is 5.17. The lowest BCUT2D eigenvalue weighted by Gasteiger charge is -2.43. The van der Waals surface area contributed by atoms with Crippen molar-refractivity contribution in [1.29, 1.82) is 0 Å². The summed E-state index contributed by atoms with van der Waals surface area (Å²) in [5.41, 5.74) is 3.50. The van der Waals surface area contributed by atoms with E-state index in [0.717, 1.165) is 30.8 Å². The Morgan fingerprint density at radius 1 is 1.45 bits per heavy atom. The van der Waals surface area contributed by atoms with Crippen LogP contribution >= 0.6 is 0 Å². The molecule has 5 heteroatoms. The number of rotatable bonds is 4. The highest BCUT2D eigenvalue weighted by Crippen LogP contribution is 2.24. The topological polar surface area (TPSA) is 57.1 Å². The van der Waals surface area contributed by atoms with Crippen LogP contribution < -0.4 is 5.32 Å². The van der Waals surface area contributed by atoms with Crippen molar-refractivity contribution < 1.29 is 4.42 Å². The first-order valence-electron chi connectivity index (χ1n) is 6.87. The van der Waals surface area contributed by atoms with Crippen LogP contribution in [0.1, 0.15) is 25.1 Å². The van der Waals surface area contributed by atoms with Gasteiger partial charge in [0.1, 0.15) is 0 Å². The number of nitrogens with zero attached hydrogens (tertiary/aromatic N) is 2. The van der Waals surface area contributed by atoms with Gasteiger partial charge in [-0.1, -0.05) is 0 Å². The summed E-state index contributed by atoms with van der Waals surface area (Å²) in [6, 6.07) is 2.00. The van der Waals surface area contributed by atoms with Crippen LogP contribution in [0.4, 0.5) is 0 Å². The number of nitrogens with one attached hydrogen (secondary N) is 2. The second kappa shape index (κ2) is 5.17. The van der Waals surface area contributed by atoms with Gasteiger partial charge in [-0.15, -0.1) is 0 Å². The Bertz CT molecular complexity index is 569. The quantitative estimate of drug-likeness (QED) is 0.896. The van der Waals surface area contributed by atoms with Gasteiger partial charge in [0.25, 0.3) is 0 Å². The predicted molar refractivity (Wildman–Crippen MR) is 77.8 cm³/mol. The van der Waals surface area contributed by atoms with E-state index in [1.807, 2.05) is 12.3 Å². The molecule has 0 bridgehead atoms. The van der Waals surface area contributed by atoms with Gasteiger partial charge in [-0.3, -0.25) is 5.32 Å². The van der Waals surface area contributed by atoms with Crippen LogP contribution in [0.5, 0.6) is 0 Å². The van der Waals surface area contributed by atoms with Gasteiger partial charge in [0, 0.05) is 43.2 Å². The molecule has 0 fully saturated rings. The molecule has 0 radical (unpaired) electrons. The van der Waals surface area contributed by atoms with Crippen molar-refractivity contribution in [2.24, 2.45) is 0 Å². The van der Waals surface area contributed by atoms with E-state index in [1.54, 1.807) is 18.9 Å². The normalized spacial score (nSPS) is 18.1. The Morgan fingerprint density at radius 2 is 2.35 bits per heavy atom. The summed E-state index contributed by atoms with van der Waals surface area (Å²) in [5, 5.41) is 3.57. The van der Waals surface area contributed by atoms with Crippen molar-refractivity contribution in [2.75, 3.05) is 13.1 Å². The third-order valence-electron chi connectivity index (χ3n) is 3.81. The number of imidazole rings is 1. The van der Waals surface area contributed by atoms with Gasteiger partial charge >= 0.3 is 0 Å². The molecule has 20 heavy (non-hydrogen) atoms. The Labute approximate surface area is 118 Å². The molecule has 2 aromatic heterocycles. The summed E-state index contributed by atoms with van der Waals surface area (Å²) in [5.74, 6) is 0. The fourth-order valence-corrected chi connectivity index (χ4v) is 2.44. The van der Waals surface area contributed by atoms with Crippen LogP contribution in [0.25, 0.3) is 5.57 Å². The molecule has 1 aliphatic rings. The number of H-pyrrole nitrogens is 1. The molecule has 0 saturated heterocycles. The zero-order chi connectivity index (χ0) is 14.0. The highest BCUT2D eigenvalue weighted by molar-refractivity contribution is 5.66. The predicted octanol–water partition coefficient (Wildman–Crippen LogP) is 2.23. The first-order valence-corrected chi connectivity index (χ1v) is 6.87. The van der Waals surface area contributed by atoms with Gasteiger partial charge in [-0.25, -0.2) is 4.98 Å². The average Bonchev–Trinajstić information content (AvgIpc) is 3.10. The molecular formula is C15H20N4O. The first kappa shape index (κ1) is 13.0. The number of hydrogen-bond acceptors (Lipinski definition) is 4. The first-order chi connectivity index (χ1) is 9.65. The van der Waals surface area contributed by atoms with E-state index in [2.05, 4.69) is 40.2 Å². The monoisotopic (exact) mass is 272 g/mol. The fraction of sp³-hybridized carbons (Fsp3) is 0.400. The highest BCUT2D eigenvalue weighted by atomic mass is 16.3. The molecule has 0 spiro atoms. The van der Waals surface area contributed by atoms with E-state index in [-0.39, 0.29) is 5.66 Å². The lowest BCUT2D eigenvalue weighted by Crippen LogP contribution is -2.55. The summed E-state index contributed by atoms with van der Waals surface area (Å²) >= 11 is 0. The number of aromatic nitrogens is 2. The molecule has 0 saturated carbocycles. The third-order valence-corrected chi connectivity index (χ3v) is 3.81.